The molecule has 0 spiro atoms. The molecule has 0 aromatic heterocycles. The molecule has 2 fully saturated rings. The average molecular weight is 718 g/mol. The Balaban J connectivity index is -0.00000101. The molecule has 11 heteroatoms. The predicted molar refractivity (Wildman–Crippen MR) is 209 cm³/mol. The van der Waals surface area contributed by atoms with Crippen molar-refractivity contribution in [1.82, 2.24) is 24.9 Å². The van der Waals surface area contributed by atoms with Crippen LogP contribution in [-0.4, -0.2) is 108 Å². The lowest BCUT2D eigenvalue weighted by Crippen LogP contribution is -2.59. The third-order valence-electron chi connectivity index (χ3n) is 8.12. The Morgan fingerprint density at radius 2 is 1.35 bits per heavy atom. The molecule has 4 amide bonds. The Kier molecular flexibility index (Phi) is 30.8. The van der Waals surface area contributed by atoms with Gasteiger partial charge in [0.15, 0.2) is 0 Å². The average Bonchev–Trinajstić information content (AvgIpc) is 3.66. The van der Waals surface area contributed by atoms with E-state index in [1.165, 1.54) is 18.2 Å². The highest BCUT2D eigenvalue weighted by molar-refractivity contribution is 5.93. The van der Waals surface area contributed by atoms with Crippen molar-refractivity contribution in [1.29, 1.82) is 10.5 Å². The number of piperidine rings is 1. The van der Waals surface area contributed by atoms with Crippen LogP contribution >= 0.6 is 0 Å². The largest absolute Gasteiger partial charge is 0.342 e. The van der Waals surface area contributed by atoms with Crippen molar-refractivity contribution in [3.8, 4) is 12.1 Å². The maximum atomic E-state index is 13.3. The van der Waals surface area contributed by atoms with Crippen LogP contribution in [0.15, 0.2) is 11.6 Å². The molecule has 0 saturated carbocycles. The standard InChI is InChI=1S/C25H44N4O3.C8H11N3O.C3H8.2C2H6/c1-18(2)29-16-9-8-12-20(29)22(30)26-21(25(4,5)6)24(32)27(7)17-13-19(3)23(31)28-14-10-11-15-28;1-8(12)11(6-2-4-9)7-3-5-10;1-3-2;2*1-2/h13,18,20-21H,8-12,14-17H2,1-7H3,(H,26,30);2-3,6-7H2,1H3;3H2,1-2H3;2*1-2H3/b19-13+;;;;. The Bertz CT molecular complexity index is 1080. The number of likely N-dealkylation sites (N-methyl/N-ethyl adjacent to an activating group) is 1. The van der Waals surface area contributed by atoms with E-state index in [9.17, 15) is 19.2 Å². The first-order chi connectivity index (χ1) is 24.1. The summed E-state index contributed by atoms with van der Waals surface area (Å²) in [6, 6.07) is 3.38. The molecular weight excluding hydrogens is 642 g/mol. The SMILES string of the molecule is C/C(=C\CN(C)C(=O)C(NC(=O)C1CCCCN1C(C)C)C(C)(C)C)C(=O)N1CCCC1.CC.CC.CC(=O)N(CCC#N)CCC#N.CCC. The highest BCUT2D eigenvalue weighted by Gasteiger charge is 2.38. The van der Waals surface area contributed by atoms with Gasteiger partial charge in [0, 0.05) is 58.3 Å². The summed E-state index contributed by atoms with van der Waals surface area (Å²) in [7, 11) is 1.73. The van der Waals surface area contributed by atoms with E-state index in [1.807, 2.05) is 78.5 Å². The lowest BCUT2D eigenvalue weighted by atomic mass is 9.85. The van der Waals surface area contributed by atoms with E-state index >= 15 is 0 Å². The molecule has 1 N–H and O–H groups in total. The Hall–Kier alpha value is -3.44. The van der Waals surface area contributed by atoms with Crippen molar-refractivity contribution in [3.05, 3.63) is 11.6 Å². The van der Waals surface area contributed by atoms with Crippen LogP contribution in [0.3, 0.4) is 0 Å². The zero-order valence-electron chi connectivity index (χ0n) is 35.0. The van der Waals surface area contributed by atoms with Crippen LogP contribution in [-0.2, 0) is 19.2 Å². The zero-order chi connectivity index (χ0) is 40.2. The summed E-state index contributed by atoms with van der Waals surface area (Å²) in [4.78, 5) is 57.2. The molecule has 2 aliphatic heterocycles. The lowest BCUT2D eigenvalue weighted by Gasteiger charge is -2.40. The molecule has 0 aliphatic carbocycles. The van der Waals surface area contributed by atoms with Gasteiger partial charge in [-0.1, -0.05) is 81.2 Å². The van der Waals surface area contributed by atoms with Crippen LogP contribution in [0.1, 0.15) is 141 Å². The Morgan fingerprint density at radius 1 is 0.882 bits per heavy atom. The van der Waals surface area contributed by atoms with Crippen LogP contribution in [0.5, 0.6) is 0 Å². The molecular formula is C40H75N7O4. The molecule has 2 heterocycles. The number of nitrogens with zero attached hydrogens (tertiary/aromatic N) is 6. The van der Waals surface area contributed by atoms with E-state index in [4.69, 9.17) is 10.5 Å². The molecule has 0 aromatic rings. The van der Waals surface area contributed by atoms with Gasteiger partial charge in [0.1, 0.15) is 6.04 Å². The predicted octanol–water partition coefficient (Wildman–Crippen LogP) is 6.94. The molecule has 11 nitrogen and oxygen atoms in total. The Labute approximate surface area is 312 Å². The number of hydrogen-bond acceptors (Lipinski definition) is 7. The minimum Gasteiger partial charge on any atom is -0.342 e. The molecule has 2 atom stereocenters. The maximum absolute atomic E-state index is 13.3. The summed E-state index contributed by atoms with van der Waals surface area (Å²) >= 11 is 0. The molecule has 2 saturated heterocycles. The monoisotopic (exact) mass is 718 g/mol. The molecule has 0 bridgehead atoms. The normalized spacial score (nSPS) is 16.1. The summed E-state index contributed by atoms with van der Waals surface area (Å²) in [6.07, 6.45) is 8.79. The number of likely N-dealkylation sites (tertiary alicyclic amines) is 2. The van der Waals surface area contributed by atoms with Gasteiger partial charge in [-0.3, -0.25) is 24.1 Å². The zero-order valence-corrected chi connectivity index (χ0v) is 35.0. The molecule has 0 aromatic carbocycles. The van der Waals surface area contributed by atoms with Gasteiger partial charge in [-0.2, -0.15) is 10.5 Å². The van der Waals surface area contributed by atoms with Crippen LogP contribution in [0.25, 0.3) is 0 Å². The van der Waals surface area contributed by atoms with Gasteiger partial charge in [0.25, 0.3) is 0 Å². The van der Waals surface area contributed by atoms with Gasteiger partial charge in [-0.15, -0.1) is 0 Å². The summed E-state index contributed by atoms with van der Waals surface area (Å²) in [5.41, 5.74) is 0.236. The fraction of sp³-hybridized carbons (Fsp3) is 0.800. The van der Waals surface area contributed by atoms with Gasteiger partial charge < -0.3 is 20.0 Å². The highest BCUT2D eigenvalue weighted by Crippen LogP contribution is 2.24. The third kappa shape index (κ3) is 21.5. The Morgan fingerprint density at radius 3 is 1.76 bits per heavy atom. The fourth-order valence-corrected chi connectivity index (χ4v) is 5.38. The summed E-state index contributed by atoms with van der Waals surface area (Å²) < 4.78 is 0. The minimum absolute atomic E-state index is 0.0510. The number of nitriles is 2. The van der Waals surface area contributed by atoms with Crippen LogP contribution in [0.4, 0.5) is 0 Å². The van der Waals surface area contributed by atoms with Crippen molar-refractivity contribution in [2.75, 3.05) is 46.3 Å². The van der Waals surface area contributed by atoms with Crippen LogP contribution in [0.2, 0.25) is 0 Å². The maximum Gasteiger partial charge on any atom is 0.249 e. The highest BCUT2D eigenvalue weighted by atomic mass is 16.2. The smallest absolute Gasteiger partial charge is 0.249 e. The second-order valence-electron chi connectivity index (χ2n) is 13.8. The first-order valence-electron chi connectivity index (χ1n) is 19.3. The summed E-state index contributed by atoms with van der Waals surface area (Å²) in [6.45, 7) is 29.4. The molecule has 2 aliphatic rings. The quantitative estimate of drug-likeness (QED) is 0.228. The second kappa shape index (κ2) is 30.2. The molecule has 294 valence electrons. The van der Waals surface area contributed by atoms with Gasteiger partial charge >= 0.3 is 0 Å². The number of amides is 4. The van der Waals surface area contributed by atoms with Gasteiger partial charge in [0.05, 0.1) is 31.0 Å². The summed E-state index contributed by atoms with van der Waals surface area (Å²) in [5.74, 6) is -0.220. The van der Waals surface area contributed by atoms with E-state index in [2.05, 4.69) is 37.9 Å². The van der Waals surface area contributed by atoms with E-state index in [1.54, 1.807) is 11.9 Å². The fourth-order valence-electron chi connectivity index (χ4n) is 5.38. The van der Waals surface area contributed by atoms with Crippen molar-refractivity contribution in [2.24, 2.45) is 5.41 Å². The number of carbonyl (C=O) groups excluding carboxylic acids is 4. The molecule has 0 radical (unpaired) electrons. The second-order valence-corrected chi connectivity index (χ2v) is 13.8. The van der Waals surface area contributed by atoms with Gasteiger partial charge in [-0.25, -0.2) is 0 Å². The molecule has 51 heavy (non-hydrogen) atoms. The summed E-state index contributed by atoms with van der Waals surface area (Å²) in [5, 5.41) is 19.6. The van der Waals surface area contributed by atoms with Crippen molar-refractivity contribution in [3.63, 3.8) is 0 Å². The topological polar surface area (TPSA) is 141 Å². The van der Waals surface area contributed by atoms with Crippen molar-refractivity contribution >= 4 is 23.6 Å². The first kappa shape index (κ1) is 51.9. The lowest BCUT2D eigenvalue weighted by molar-refractivity contribution is -0.140. The van der Waals surface area contributed by atoms with E-state index < -0.39 is 11.5 Å². The minimum atomic E-state index is -0.626. The molecule has 2 rings (SSSR count). The van der Waals surface area contributed by atoms with Crippen LogP contribution in [0, 0.1) is 28.1 Å². The van der Waals surface area contributed by atoms with Crippen molar-refractivity contribution < 1.29 is 19.2 Å². The van der Waals surface area contributed by atoms with E-state index in [0.29, 0.717) is 44.1 Å². The van der Waals surface area contributed by atoms with E-state index in [-0.39, 0.29) is 29.7 Å². The van der Waals surface area contributed by atoms with Crippen molar-refractivity contribution in [2.45, 2.75) is 160 Å². The van der Waals surface area contributed by atoms with Gasteiger partial charge in [-0.05, 0) is 58.4 Å². The number of carbonyl (C=O) groups is 4. The number of rotatable bonds is 11. The van der Waals surface area contributed by atoms with E-state index in [0.717, 1.165) is 51.7 Å². The third-order valence-corrected chi connectivity index (χ3v) is 8.12. The number of nitrogens with one attached hydrogen (secondary N) is 1. The van der Waals surface area contributed by atoms with Gasteiger partial charge in [0.2, 0.25) is 23.6 Å². The first-order valence-corrected chi connectivity index (χ1v) is 19.3. The molecule has 2 unspecified atom stereocenters. The van der Waals surface area contributed by atoms with Crippen LogP contribution < -0.4 is 5.32 Å². The number of hydrogen-bond donors (Lipinski definition) is 1.